The number of nitrogens with one attached hydrogen (secondary N) is 2. The van der Waals surface area contributed by atoms with E-state index in [4.69, 9.17) is 0 Å². The van der Waals surface area contributed by atoms with Crippen molar-refractivity contribution in [3.05, 3.63) is 30.5 Å². The number of hydrogen-bond donors (Lipinski definition) is 2. The van der Waals surface area contributed by atoms with Gasteiger partial charge in [-0.25, -0.2) is 0 Å². The Morgan fingerprint density at radius 1 is 1.45 bits per heavy atom. The first-order valence-corrected chi connectivity index (χ1v) is 6.73. The van der Waals surface area contributed by atoms with Gasteiger partial charge in [0, 0.05) is 18.0 Å². The smallest absolute Gasteiger partial charge is 0.242 e. The van der Waals surface area contributed by atoms with E-state index < -0.39 is 0 Å². The SMILES string of the molecule is Cl.O=C(Cn1ncc2ccccc21)N[C@H]1CCCNC1. The summed E-state index contributed by atoms with van der Waals surface area (Å²) < 4.78 is 1.75. The van der Waals surface area contributed by atoms with E-state index in [1.807, 2.05) is 24.3 Å². The lowest BCUT2D eigenvalue weighted by Crippen LogP contribution is -2.46. The van der Waals surface area contributed by atoms with Gasteiger partial charge in [0.15, 0.2) is 0 Å². The molecule has 1 amide bonds. The predicted octanol–water partition coefficient (Wildman–Crippen LogP) is 1.33. The lowest BCUT2D eigenvalue weighted by molar-refractivity contribution is -0.122. The highest BCUT2D eigenvalue weighted by molar-refractivity contribution is 5.85. The topological polar surface area (TPSA) is 59.0 Å². The number of benzene rings is 1. The van der Waals surface area contributed by atoms with Crippen LogP contribution in [0.4, 0.5) is 0 Å². The van der Waals surface area contributed by atoms with Crippen LogP contribution >= 0.6 is 12.4 Å². The minimum Gasteiger partial charge on any atom is -0.350 e. The molecule has 2 N–H and O–H groups in total. The van der Waals surface area contributed by atoms with Gasteiger partial charge in [-0.3, -0.25) is 9.48 Å². The highest BCUT2D eigenvalue weighted by atomic mass is 35.5. The van der Waals surface area contributed by atoms with Gasteiger partial charge < -0.3 is 10.6 Å². The third kappa shape index (κ3) is 3.29. The fourth-order valence-corrected chi connectivity index (χ4v) is 2.54. The minimum atomic E-state index is 0. The molecule has 1 fully saturated rings. The maximum absolute atomic E-state index is 12.0. The van der Waals surface area contributed by atoms with Gasteiger partial charge in [-0.05, 0) is 25.5 Å². The lowest BCUT2D eigenvalue weighted by atomic mass is 10.1. The second kappa shape index (κ2) is 6.72. The molecule has 0 saturated carbocycles. The fourth-order valence-electron chi connectivity index (χ4n) is 2.54. The minimum absolute atomic E-state index is 0. The Morgan fingerprint density at radius 3 is 3.10 bits per heavy atom. The number of hydrogen-bond acceptors (Lipinski definition) is 3. The summed E-state index contributed by atoms with van der Waals surface area (Å²) in [6.07, 6.45) is 3.97. The third-order valence-corrected chi connectivity index (χ3v) is 3.51. The molecule has 3 rings (SSSR count). The van der Waals surface area contributed by atoms with Gasteiger partial charge in [0.2, 0.25) is 5.91 Å². The van der Waals surface area contributed by atoms with Crippen molar-refractivity contribution in [2.24, 2.45) is 0 Å². The highest BCUT2D eigenvalue weighted by Crippen LogP contribution is 2.12. The second-order valence-corrected chi connectivity index (χ2v) is 4.97. The number of nitrogens with zero attached hydrogens (tertiary/aromatic N) is 2. The van der Waals surface area contributed by atoms with Crippen molar-refractivity contribution in [3.63, 3.8) is 0 Å². The summed E-state index contributed by atoms with van der Waals surface area (Å²) in [6, 6.07) is 8.17. The number of aromatic nitrogens is 2. The average molecular weight is 295 g/mol. The normalized spacial score (nSPS) is 18.5. The molecular formula is C14H19ClN4O. The molecular weight excluding hydrogens is 276 g/mol. The van der Waals surface area contributed by atoms with Crippen LogP contribution < -0.4 is 10.6 Å². The molecule has 0 aliphatic carbocycles. The Labute approximate surface area is 124 Å². The first-order chi connectivity index (χ1) is 9.33. The largest absolute Gasteiger partial charge is 0.350 e. The molecule has 2 heterocycles. The number of para-hydroxylation sites is 1. The monoisotopic (exact) mass is 294 g/mol. The first-order valence-electron chi connectivity index (χ1n) is 6.73. The Balaban J connectivity index is 0.00000147. The van der Waals surface area contributed by atoms with E-state index in [-0.39, 0.29) is 30.9 Å². The van der Waals surface area contributed by atoms with Crippen LogP contribution in [0.15, 0.2) is 30.5 Å². The average Bonchev–Trinajstić information content (AvgIpc) is 2.83. The van der Waals surface area contributed by atoms with E-state index >= 15 is 0 Å². The molecule has 0 radical (unpaired) electrons. The summed E-state index contributed by atoms with van der Waals surface area (Å²) >= 11 is 0. The molecule has 1 saturated heterocycles. The summed E-state index contributed by atoms with van der Waals surface area (Å²) in [5.74, 6) is 0.0301. The maximum atomic E-state index is 12.0. The van der Waals surface area contributed by atoms with E-state index in [0.717, 1.165) is 36.8 Å². The molecule has 108 valence electrons. The van der Waals surface area contributed by atoms with Gasteiger partial charge in [-0.15, -0.1) is 12.4 Å². The number of rotatable bonds is 3. The van der Waals surface area contributed by atoms with Crippen LogP contribution in [0.25, 0.3) is 10.9 Å². The van der Waals surface area contributed by atoms with E-state index in [2.05, 4.69) is 15.7 Å². The molecule has 0 spiro atoms. The van der Waals surface area contributed by atoms with Crippen molar-refractivity contribution < 1.29 is 4.79 Å². The maximum Gasteiger partial charge on any atom is 0.242 e. The summed E-state index contributed by atoms with van der Waals surface area (Å²) in [4.78, 5) is 12.0. The van der Waals surface area contributed by atoms with Crippen molar-refractivity contribution in [1.82, 2.24) is 20.4 Å². The van der Waals surface area contributed by atoms with Crippen LogP contribution in [0.2, 0.25) is 0 Å². The van der Waals surface area contributed by atoms with Crippen molar-refractivity contribution in [2.45, 2.75) is 25.4 Å². The zero-order valence-electron chi connectivity index (χ0n) is 11.2. The van der Waals surface area contributed by atoms with Crippen LogP contribution in [-0.2, 0) is 11.3 Å². The highest BCUT2D eigenvalue weighted by Gasteiger charge is 2.16. The quantitative estimate of drug-likeness (QED) is 0.898. The lowest BCUT2D eigenvalue weighted by Gasteiger charge is -2.23. The van der Waals surface area contributed by atoms with E-state index in [1.54, 1.807) is 10.9 Å². The number of carbonyl (C=O) groups is 1. The van der Waals surface area contributed by atoms with E-state index in [1.165, 1.54) is 0 Å². The molecule has 2 aromatic rings. The van der Waals surface area contributed by atoms with E-state index in [9.17, 15) is 4.79 Å². The third-order valence-electron chi connectivity index (χ3n) is 3.51. The fraction of sp³-hybridized carbons (Fsp3) is 0.429. The molecule has 1 atom stereocenters. The van der Waals surface area contributed by atoms with Gasteiger partial charge >= 0.3 is 0 Å². The number of carbonyl (C=O) groups excluding carboxylic acids is 1. The zero-order valence-corrected chi connectivity index (χ0v) is 12.0. The number of piperidine rings is 1. The Kier molecular flexibility index (Phi) is 4.98. The molecule has 1 aliphatic rings. The number of fused-ring (bicyclic) bond motifs is 1. The van der Waals surface area contributed by atoms with Crippen LogP contribution in [0.5, 0.6) is 0 Å². The van der Waals surface area contributed by atoms with Crippen LogP contribution in [-0.4, -0.2) is 34.8 Å². The molecule has 5 nitrogen and oxygen atoms in total. The molecule has 6 heteroatoms. The van der Waals surface area contributed by atoms with Gasteiger partial charge in [0.05, 0.1) is 11.7 Å². The Morgan fingerprint density at radius 2 is 2.30 bits per heavy atom. The van der Waals surface area contributed by atoms with Crippen LogP contribution in [0.1, 0.15) is 12.8 Å². The molecule has 20 heavy (non-hydrogen) atoms. The second-order valence-electron chi connectivity index (χ2n) is 4.97. The van der Waals surface area contributed by atoms with Gasteiger partial charge in [0.25, 0.3) is 0 Å². The number of amides is 1. The molecule has 0 bridgehead atoms. The zero-order chi connectivity index (χ0) is 13.1. The summed E-state index contributed by atoms with van der Waals surface area (Å²) in [5.41, 5.74) is 0.999. The van der Waals surface area contributed by atoms with Crippen molar-refractivity contribution in [2.75, 3.05) is 13.1 Å². The predicted molar refractivity (Wildman–Crippen MR) is 81.0 cm³/mol. The molecule has 1 aliphatic heterocycles. The van der Waals surface area contributed by atoms with Gasteiger partial charge in [0.1, 0.15) is 6.54 Å². The van der Waals surface area contributed by atoms with E-state index in [0.29, 0.717) is 0 Å². The summed E-state index contributed by atoms with van der Waals surface area (Å²) in [5, 5.41) is 11.7. The van der Waals surface area contributed by atoms with Crippen molar-refractivity contribution >= 4 is 29.2 Å². The standard InChI is InChI=1S/C14H18N4O.ClH/c19-14(17-12-5-3-7-15-9-12)10-18-13-6-2-1-4-11(13)8-16-18;/h1-2,4,6,8,12,15H,3,5,7,9-10H2,(H,17,19);1H/t12-;/m0./s1. The van der Waals surface area contributed by atoms with Gasteiger partial charge in [-0.1, -0.05) is 18.2 Å². The van der Waals surface area contributed by atoms with Crippen LogP contribution in [0, 0.1) is 0 Å². The Bertz CT molecular complexity index is 577. The van der Waals surface area contributed by atoms with Crippen LogP contribution in [0.3, 0.4) is 0 Å². The first kappa shape index (κ1) is 14.8. The summed E-state index contributed by atoms with van der Waals surface area (Å²) in [6.45, 7) is 2.20. The molecule has 0 unspecified atom stereocenters. The van der Waals surface area contributed by atoms with Crippen molar-refractivity contribution in [1.29, 1.82) is 0 Å². The van der Waals surface area contributed by atoms with Crippen molar-refractivity contribution in [3.8, 4) is 0 Å². The molecule has 1 aromatic heterocycles. The Hall–Kier alpha value is -1.59. The molecule has 1 aromatic carbocycles. The summed E-state index contributed by atoms with van der Waals surface area (Å²) in [7, 11) is 0. The van der Waals surface area contributed by atoms with Gasteiger partial charge in [-0.2, -0.15) is 5.10 Å². The number of halogens is 1.